The van der Waals surface area contributed by atoms with Crippen LogP contribution in [-0.2, 0) is 9.59 Å². The quantitative estimate of drug-likeness (QED) is 0.799. The van der Waals surface area contributed by atoms with Gasteiger partial charge in [-0.15, -0.1) is 0 Å². The van der Waals surface area contributed by atoms with Crippen molar-refractivity contribution in [3.63, 3.8) is 0 Å². The van der Waals surface area contributed by atoms with Crippen LogP contribution in [0.15, 0.2) is 30.3 Å². The van der Waals surface area contributed by atoms with Crippen molar-refractivity contribution in [2.75, 3.05) is 45.8 Å². The minimum Gasteiger partial charge on any atom is -0.356 e. The van der Waals surface area contributed by atoms with Crippen LogP contribution >= 0.6 is 0 Å². The molecule has 3 rings (SSSR count). The van der Waals surface area contributed by atoms with Gasteiger partial charge in [0, 0.05) is 69.8 Å². The molecule has 0 radical (unpaired) electrons. The zero-order chi connectivity index (χ0) is 22.2. The standard InChI is InChI=1S/C24H36N4O3/c1-19(2)26-15-17-28(18-16-26)24(31)21-9-6-13-27(14-11-22(29)25-12-10-21)23(30)20-7-4-3-5-8-20/h3-5,7-8,19,21H,6,9-18H2,1-2H3,(H,25,29). The molecule has 2 saturated heterocycles. The van der Waals surface area contributed by atoms with E-state index in [0.717, 1.165) is 39.0 Å². The maximum absolute atomic E-state index is 13.2. The summed E-state index contributed by atoms with van der Waals surface area (Å²) in [5.41, 5.74) is 0.633. The number of hydrogen-bond acceptors (Lipinski definition) is 4. The highest BCUT2D eigenvalue weighted by atomic mass is 16.2. The third-order valence-electron chi connectivity index (χ3n) is 6.42. The number of nitrogens with one attached hydrogen (secondary N) is 1. The highest BCUT2D eigenvalue weighted by Crippen LogP contribution is 2.19. The second-order valence-electron chi connectivity index (χ2n) is 8.84. The van der Waals surface area contributed by atoms with Gasteiger partial charge in [-0.2, -0.15) is 0 Å². The minimum atomic E-state index is -0.113. The molecule has 170 valence electrons. The molecule has 2 aliphatic rings. The molecule has 7 nitrogen and oxygen atoms in total. The van der Waals surface area contributed by atoms with Crippen LogP contribution in [0.3, 0.4) is 0 Å². The molecule has 1 aromatic rings. The first-order valence-electron chi connectivity index (χ1n) is 11.6. The lowest BCUT2D eigenvalue weighted by molar-refractivity contribution is -0.138. The van der Waals surface area contributed by atoms with Crippen molar-refractivity contribution < 1.29 is 14.4 Å². The predicted octanol–water partition coefficient (Wildman–Crippen LogP) is 1.99. The van der Waals surface area contributed by atoms with E-state index in [0.29, 0.717) is 37.7 Å². The monoisotopic (exact) mass is 428 g/mol. The molecule has 0 bridgehead atoms. The Labute approximate surface area is 185 Å². The molecule has 2 heterocycles. The molecule has 1 unspecified atom stereocenters. The number of piperazine rings is 1. The van der Waals surface area contributed by atoms with Crippen LogP contribution in [0.5, 0.6) is 0 Å². The van der Waals surface area contributed by atoms with Gasteiger partial charge in [-0.1, -0.05) is 18.2 Å². The smallest absolute Gasteiger partial charge is 0.253 e. The van der Waals surface area contributed by atoms with Crippen LogP contribution in [0.25, 0.3) is 0 Å². The van der Waals surface area contributed by atoms with E-state index in [1.807, 2.05) is 23.1 Å². The fourth-order valence-electron chi connectivity index (χ4n) is 4.43. The summed E-state index contributed by atoms with van der Waals surface area (Å²) in [6, 6.07) is 9.68. The number of nitrogens with zero attached hydrogens (tertiary/aromatic N) is 3. The molecule has 2 fully saturated rings. The van der Waals surface area contributed by atoms with Crippen molar-refractivity contribution in [2.24, 2.45) is 5.92 Å². The first kappa shape index (κ1) is 23.3. The van der Waals surface area contributed by atoms with Gasteiger partial charge in [-0.25, -0.2) is 0 Å². The summed E-state index contributed by atoms with van der Waals surface area (Å²) in [5, 5.41) is 2.93. The molecule has 3 amide bonds. The number of amides is 3. The lowest BCUT2D eigenvalue weighted by Crippen LogP contribution is -2.52. The molecule has 0 aromatic heterocycles. The van der Waals surface area contributed by atoms with Crippen LogP contribution in [-0.4, -0.2) is 84.3 Å². The molecule has 2 aliphatic heterocycles. The second-order valence-corrected chi connectivity index (χ2v) is 8.84. The average Bonchev–Trinajstić information content (AvgIpc) is 2.83. The van der Waals surface area contributed by atoms with Crippen LogP contribution in [0.4, 0.5) is 0 Å². The zero-order valence-electron chi connectivity index (χ0n) is 18.9. The first-order valence-corrected chi connectivity index (χ1v) is 11.6. The number of carbonyl (C=O) groups is 3. The predicted molar refractivity (Wildman–Crippen MR) is 121 cm³/mol. The first-order chi connectivity index (χ1) is 15.0. The average molecular weight is 429 g/mol. The van der Waals surface area contributed by atoms with E-state index in [9.17, 15) is 14.4 Å². The molecule has 31 heavy (non-hydrogen) atoms. The van der Waals surface area contributed by atoms with Crippen molar-refractivity contribution in [1.82, 2.24) is 20.0 Å². The van der Waals surface area contributed by atoms with E-state index < -0.39 is 0 Å². The lowest BCUT2D eigenvalue weighted by Gasteiger charge is -2.38. The van der Waals surface area contributed by atoms with E-state index >= 15 is 0 Å². The molecule has 1 N–H and O–H groups in total. The number of hydrogen-bond donors (Lipinski definition) is 1. The zero-order valence-corrected chi connectivity index (χ0v) is 18.9. The van der Waals surface area contributed by atoms with E-state index in [2.05, 4.69) is 24.1 Å². The van der Waals surface area contributed by atoms with Crippen molar-refractivity contribution >= 4 is 17.7 Å². The summed E-state index contributed by atoms with van der Waals surface area (Å²) in [6.45, 7) is 9.18. The van der Waals surface area contributed by atoms with Gasteiger partial charge in [0.1, 0.15) is 0 Å². The number of rotatable bonds is 3. The Morgan fingerprint density at radius 1 is 0.935 bits per heavy atom. The SMILES string of the molecule is CC(C)N1CCN(C(=O)C2CCCN(C(=O)c3ccccc3)CCC(=O)NCC2)CC1. The van der Waals surface area contributed by atoms with Gasteiger partial charge >= 0.3 is 0 Å². The maximum atomic E-state index is 13.2. The Morgan fingerprint density at radius 2 is 1.65 bits per heavy atom. The van der Waals surface area contributed by atoms with Gasteiger partial charge in [0.15, 0.2) is 0 Å². The summed E-state index contributed by atoms with van der Waals surface area (Å²) in [7, 11) is 0. The lowest BCUT2D eigenvalue weighted by atomic mass is 9.96. The summed E-state index contributed by atoms with van der Waals surface area (Å²) in [6.07, 6.45) is 2.43. The van der Waals surface area contributed by atoms with Gasteiger partial charge < -0.3 is 15.1 Å². The Balaban J connectivity index is 1.62. The molecule has 0 spiro atoms. The van der Waals surface area contributed by atoms with Crippen molar-refractivity contribution in [3.05, 3.63) is 35.9 Å². The Kier molecular flexibility index (Phi) is 8.46. The summed E-state index contributed by atoms with van der Waals surface area (Å²) in [5.74, 6) is -0.0413. The Hall–Kier alpha value is -2.41. The summed E-state index contributed by atoms with van der Waals surface area (Å²) < 4.78 is 0. The maximum Gasteiger partial charge on any atom is 0.253 e. The highest BCUT2D eigenvalue weighted by molar-refractivity contribution is 5.94. The molecule has 7 heteroatoms. The van der Waals surface area contributed by atoms with Gasteiger partial charge in [-0.3, -0.25) is 19.3 Å². The number of carbonyl (C=O) groups excluding carboxylic acids is 3. The largest absolute Gasteiger partial charge is 0.356 e. The third-order valence-corrected chi connectivity index (χ3v) is 6.42. The van der Waals surface area contributed by atoms with Crippen molar-refractivity contribution in [1.29, 1.82) is 0 Å². The summed E-state index contributed by atoms with van der Waals surface area (Å²) >= 11 is 0. The molecular weight excluding hydrogens is 392 g/mol. The van der Waals surface area contributed by atoms with Gasteiger partial charge in [-0.05, 0) is 45.2 Å². The van der Waals surface area contributed by atoms with Crippen molar-refractivity contribution in [3.8, 4) is 0 Å². The van der Waals surface area contributed by atoms with E-state index in [1.165, 1.54) is 0 Å². The molecule has 1 aromatic carbocycles. The fraction of sp³-hybridized carbons (Fsp3) is 0.625. The van der Waals surface area contributed by atoms with Gasteiger partial charge in [0.25, 0.3) is 5.91 Å². The highest BCUT2D eigenvalue weighted by Gasteiger charge is 2.28. The molecule has 1 atom stereocenters. The van der Waals surface area contributed by atoms with Crippen LogP contribution in [0.1, 0.15) is 49.9 Å². The minimum absolute atomic E-state index is 0.0552. The normalized spacial score (nSPS) is 22.0. The third kappa shape index (κ3) is 6.53. The number of benzene rings is 1. The van der Waals surface area contributed by atoms with Gasteiger partial charge in [0.05, 0.1) is 0 Å². The molecule has 0 saturated carbocycles. The van der Waals surface area contributed by atoms with Gasteiger partial charge in [0.2, 0.25) is 11.8 Å². The van der Waals surface area contributed by atoms with Crippen molar-refractivity contribution in [2.45, 2.75) is 45.6 Å². The van der Waals surface area contributed by atoms with Crippen LogP contribution < -0.4 is 5.32 Å². The van der Waals surface area contributed by atoms with Crippen LogP contribution in [0.2, 0.25) is 0 Å². The summed E-state index contributed by atoms with van der Waals surface area (Å²) in [4.78, 5) is 44.5. The molecular formula is C24H36N4O3. The topological polar surface area (TPSA) is 73.0 Å². The molecule has 0 aliphatic carbocycles. The van der Waals surface area contributed by atoms with E-state index in [4.69, 9.17) is 0 Å². The van der Waals surface area contributed by atoms with Crippen LogP contribution in [0, 0.1) is 5.92 Å². The Morgan fingerprint density at radius 3 is 2.32 bits per heavy atom. The second kappa shape index (κ2) is 11.3. The van der Waals surface area contributed by atoms with E-state index in [-0.39, 0.29) is 30.1 Å². The Bertz CT molecular complexity index is 744. The fourth-order valence-corrected chi connectivity index (χ4v) is 4.43. The van der Waals surface area contributed by atoms with E-state index in [1.54, 1.807) is 17.0 Å².